The van der Waals surface area contributed by atoms with Crippen molar-refractivity contribution in [3.05, 3.63) is 35.9 Å². The second-order valence-corrected chi connectivity index (χ2v) is 4.78. The van der Waals surface area contributed by atoms with Crippen LogP contribution in [0.4, 0.5) is 0 Å². The molecule has 0 aliphatic heterocycles. The Hall–Kier alpha value is 0.0600. The van der Waals surface area contributed by atoms with Crippen LogP contribution in [-0.4, -0.2) is 40.9 Å². The van der Waals surface area contributed by atoms with Gasteiger partial charge in [-0.05, 0) is 12.0 Å². The van der Waals surface area contributed by atoms with Gasteiger partial charge in [0.2, 0.25) is 0 Å². The third-order valence-electron chi connectivity index (χ3n) is 2.21. The van der Waals surface area contributed by atoms with E-state index in [4.69, 9.17) is 14.9 Å². The third-order valence-corrected chi connectivity index (χ3v) is 3.10. The summed E-state index contributed by atoms with van der Waals surface area (Å²) < 4.78 is 4.96. The molecule has 3 nitrogen and oxygen atoms in total. The molecule has 0 fully saturated rings. The number of ether oxygens (including phenoxy) is 1. The highest BCUT2D eigenvalue weighted by Gasteiger charge is 2.06. The van der Waals surface area contributed by atoms with E-state index in [9.17, 15) is 0 Å². The molecule has 0 saturated carbocycles. The lowest BCUT2D eigenvalue weighted by Gasteiger charge is -2.09. The maximum Gasteiger partial charge on any atom is 0.101 e. The number of rotatable bonds is 7. The second-order valence-electron chi connectivity index (χ2n) is 3.53. The summed E-state index contributed by atoms with van der Waals surface area (Å²) in [6, 6.07) is 9.50. The number of alkyl halides is 2. The highest BCUT2D eigenvalue weighted by Crippen LogP contribution is 2.12. The molecule has 0 saturated heterocycles. The summed E-state index contributed by atoms with van der Waals surface area (Å²) >= 11 is 6.43. The number of hydrogen-bond donors (Lipinski definition) is 2. The summed E-state index contributed by atoms with van der Waals surface area (Å²) in [5, 5.41) is 18.7. The van der Waals surface area contributed by atoms with E-state index in [0.29, 0.717) is 5.52 Å². The molecule has 0 aromatic heterocycles. The van der Waals surface area contributed by atoms with Crippen molar-refractivity contribution in [2.45, 2.75) is 12.3 Å². The molecule has 0 heterocycles. The van der Waals surface area contributed by atoms with Crippen molar-refractivity contribution in [2.75, 3.05) is 30.7 Å². The van der Waals surface area contributed by atoms with Crippen LogP contribution in [0.1, 0.15) is 17.9 Å². The number of aliphatic hydroxyl groups is 2. The third kappa shape index (κ3) is 9.05. The molecule has 5 heteroatoms. The van der Waals surface area contributed by atoms with Crippen LogP contribution in [0.2, 0.25) is 0 Å². The largest absolute Gasteiger partial charge is 0.396 e. The summed E-state index contributed by atoms with van der Waals surface area (Å²) in [6.07, 6.45) is 1.09. The van der Waals surface area contributed by atoms with E-state index in [0.717, 1.165) is 23.9 Å². The standard InChI is InChI=1S/C9H12O2.C4H8Br2O/c10-6-9(7-11)8-4-2-1-3-5-8;5-2-1-3-7-4-6/h1-5,9-11H,6-7H2;1-4H2. The van der Waals surface area contributed by atoms with Gasteiger partial charge >= 0.3 is 0 Å². The molecule has 1 rings (SSSR count). The van der Waals surface area contributed by atoms with Crippen molar-refractivity contribution < 1.29 is 14.9 Å². The van der Waals surface area contributed by atoms with Crippen molar-refractivity contribution in [1.29, 1.82) is 0 Å². The van der Waals surface area contributed by atoms with Crippen LogP contribution in [0, 0.1) is 0 Å². The van der Waals surface area contributed by atoms with Crippen LogP contribution in [0.15, 0.2) is 30.3 Å². The van der Waals surface area contributed by atoms with E-state index in [1.54, 1.807) is 0 Å². The maximum absolute atomic E-state index is 8.82. The van der Waals surface area contributed by atoms with Crippen molar-refractivity contribution in [3.63, 3.8) is 0 Å². The monoisotopic (exact) mass is 382 g/mol. The lowest BCUT2D eigenvalue weighted by molar-refractivity contribution is 0.188. The van der Waals surface area contributed by atoms with Crippen molar-refractivity contribution in [3.8, 4) is 0 Å². The Bertz CT molecular complexity index is 262. The molecule has 0 aliphatic carbocycles. The topological polar surface area (TPSA) is 49.7 Å². The predicted octanol–water partition coefficient (Wildman–Crippen LogP) is 2.90. The normalized spacial score (nSPS) is 10.1. The van der Waals surface area contributed by atoms with E-state index >= 15 is 0 Å². The molecule has 0 unspecified atom stereocenters. The second kappa shape index (κ2) is 13.5. The Morgan fingerprint density at radius 2 is 1.67 bits per heavy atom. The number of halogens is 2. The van der Waals surface area contributed by atoms with Gasteiger partial charge in [0.05, 0.1) is 13.2 Å². The molecular formula is C13H20Br2O3. The zero-order valence-electron chi connectivity index (χ0n) is 10.3. The van der Waals surface area contributed by atoms with Crippen LogP contribution in [0.3, 0.4) is 0 Å². The summed E-state index contributed by atoms with van der Waals surface area (Å²) in [5.74, 6) is -0.129. The highest BCUT2D eigenvalue weighted by molar-refractivity contribution is 9.09. The molecule has 1 aromatic rings. The molecule has 0 atom stereocenters. The van der Waals surface area contributed by atoms with Crippen LogP contribution >= 0.6 is 31.9 Å². The lowest BCUT2D eigenvalue weighted by atomic mass is 10.0. The van der Waals surface area contributed by atoms with Gasteiger partial charge in [-0.15, -0.1) is 0 Å². The molecular weight excluding hydrogens is 364 g/mol. The summed E-state index contributed by atoms with van der Waals surface area (Å²) in [4.78, 5) is 0. The van der Waals surface area contributed by atoms with Gasteiger partial charge in [0.25, 0.3) is 0 Å². The van der Waals surface area contributed by atoms with Crippen LogP contribution in [0.25, 0.3) is 0 Å². The molecule has 0 bridgehead atoms. The van der Waals surface area contributed by atoms with E-state index in [1.165, 1.54) is 0 Å². The fourth-order valence-corrected chi connectivity index (χ4v) is 1.66. The van der Waals surface area contributed by atoms with Gasteiger partial charge in [-0.25, -0.2) is 0 Å². The fourth-order valence-electron chi connectivity index (χ4n) is 1.20. The van der Waals surface area contributed by atoms with Crippen LogP contribution < -0.4 is 0 Å². The first-order valence-corrected chi connectivity index (χ1v) is 8.00. The molecule has 0 amide bonds. The average molecular weight is 384 g/mol. The number of benzene rings is 1. The van der Waals surface area contributed by atoms with Gasteiger partial charge in [-0.3, -0.25) is 0 Å². The van der Waals surface area contributed by atoms with Gasteiger partial charge in [0, 0.05) is 17.9 Å². The highest BCUT2D eigenvalue weighted by atomic mass is 79.9. The van der Waals surface area contributed by atoms with Gasteiger partial charge in [0.15, 0.2) is 0 Å². The molecule has 104 valence electrons. The predicted molar refractivity (Wildman–Crippen MR) is 81.5 cm³/mol. The Labute approximate surface area is 125 Å². The molecule has 18 heavy (non-hydrogen) atoms. The average Bonchev–Trinajstić information content (AvgIpc) is 2.43. The quantitative estimate of drug-likeness (QED) is 0.562. The van der Waals surface area contributed by atoms with Crippen LogP contribution in [-0.2, 0) is 4.74 Å². The Morgan fingerprint density at radius 3 is 2.11 bits per heavy atom. The minimum absolute atomic E-state index is 0.000509. The minimum Gasteiger partial charge on any atom is -0.396 e. The van der Waals surface area contributed by atoms with E-state index in [2.05, 4.69) is 31.9 Å². The Kier molecular flexibility index (Phi) is 13.5. The first-order chi connectivity index (χ1) is 8.79. The van der Waals surface area contributed by atoms with Gasteiger partial charge in [-0.2, -0.15) is 0 Å². The molecule has 0 radical (unpaired) electrons. The first kappa shape index (κ1) is 18.1. The number of hydrogen-bond acceptors (Lipinski definition) is 3. The van der Waals surface area contributed by atoms with Crippen molar-refractivity contribution in [2.24, 2.45) is 0 Å². The lowest BCUT2D eigenvalue weighted by Crippen LogP contribution is -2.08. The Morgan fingerprint density at radius 1 is 1.06 bits per heavy atom. The molecule has 0 aliphatic rings. The van der Waals surface area contributed by atoms with E-state index in [-0.39, 0.29) is 19.1 Å². The van der Waals surface area contributed by atoms with Crippen LogP contribution in [0.5, 0.6) is 0 Å². The Balaban J connectivity index is 0.000000360. The van der Waals surface area contributed by atoms with Crippen molar-refractivity contribution in [1.82, 2.24) is 0 Å². The maximum atomic E-state index is 8.82. The smallest absolute Gasteiger partial charge is 0.101 e. The molecule has 2 N–H and O–H groups in total. The van der Waals surface area contributed by atoms with Gasteiger partial charge in [-0.1, -0.05) is 62.2 Å². The van der Waals surface area contributed by atoms with Crippen molar-refractivity contribution >= 4 is 31.9 Å². The first-order valence-electron chi connectivity index (χ1n) is 5.76. The fraction of sp³-hybridized carbons (Fsp3) is 0.538. The van der Waals surface area contributed by atoms with E-state index < -0.39 is 0 Å². The number of aliphatic hydroxyl groups excluding tert-OH is 2. The van der Waals surface area contributed by atoms with Gasteiger partial charge < -0.3 is 14.9 Å². The summed E-state index contributed by atoms with van der Waals surface area (Å²) in [7, 11) is 0. The minimum atomic E-state index is -0.129. The van der Waals surface area contributed by atoms with Gasteiger partial charge in [0.1, 0.15) is 5.52 Å². The zero-order valence-corrected chi connectivity index (χ0v) is 13.4. The summed E-state index contributed by atoms with van der Waals surface area (Å²) in [6.45, 7) is 0.845. The summed E-state index contributed by atoms with van der Waals surface area (Å²) in [5.41, 5.74) is 1.64. The van der Waals surface area contributed by atoms with E-state index in [1.807, 2.05) is 30.3 Å². The molecule has 0 spiro atoms. The molecule has 1 aromatic carbocycles. The zero-order chi connectivity index (χ0) is 13.6. The SMILES string of the molecule is BrCCCOCBr.OCC(CO)c1ccccc1.